The van der Waals surface area contributed by atoms with Gasteiger partial charge in [-0.25, -0.2) is 4.79 Å². The molecule has 5 nitrogen and oxygen atoms in total. The third-order valence-electron chi connectivity index (χ3n) is 3.53. The van der Waals surface area contributed by atoms with E-state index >= 15 is 0 Å². The molecule has 0 radical (unpaired) electrons. The summed E-state index contributed by atoms with van der Waals surface area (Å²) in [6.45, 7) is 8.85. The van der Waals surface area contributed by atoms with Gasteiger partial charge in [-0.2, -0.15) is 0 Å². The van der Waals surface area contributed by atoms with Crippen molar-refractivity contribution in [1.82, 2.24) is 4.98 Å². The number of carbonyl (C=O) groups excluding carboxylic acids is 2. The molecule has 0 spiro atoms. The highest BCUT2D eigenvalue weighted by Crippen LogP contribution is 2.26. The Morgan fingerprint density at radius 3 is 2.48 bits per heavy atom. The van der Waals surface area contributed by atoms with Gasteiger partial charge in [-0.15, -0.1) is 0 Å². The molecular weight excluding hydrogens is 316 g/mol. The SMILES string of the molecule is CCc1cccc(-c2cnc(C(C)=O)c(NC(=O)OC(C)(C)C)c2)c1. The van der Waals surface area contributed by atoms with E-state index in [9.17, 15) is 9.59 Å². The molecule has 0 aliphatic carbocycles. The van der Waals surface area contributed by atoms with Gasteiger partial charge in [0, 0.05) is 18.7 Å². The highest BCUT2D eigenvalue weighted by molar-refractivity contribution is 6.01. The Morgan fingerprint density at radius 1 is 1.16 bits per heavy atom. The second-order valence-corrected chi connectivity index (χ2v) is 6.86. The molecule has 0 aliphatic heterocycles. The Hall–Kier alpha value is -2.69. The molecule has 1 heterocycles. The first-order chi connectivity index (χ1) is 11.7. The molecule has 132 valence electrons. The molecule has 2 aromatic rings. The zero-order valence-corrected chi connectivity index (χ0v) is 15.3. The first kappa shape index (κ1) is 18.6. The summed E-state index contributed by atoms with van der Waals surface area (Å²) in [5, 5.41) is 2.64. The third-order valence-corrected chi connectivity index (χ3v) is 3.53. The number of Topliss-reactive ketones (excluding diaryl/α,β-unsaturated/α-hetero) is 1. The highest BCUT2D eigenvalue weighted by Gasteiger charge is 2.19. The van der Waals surface area contributed by atoms with Gasteiger partial charge in [-0.3, -0.25) is 15.1 Å². The standard InChI is InChI=1S/C20H24N2O3/c1-6-14-8-7-9-15(10-14)16-11-17(18(13(2)23)21-12-16)22-19(24)25-20(3,4)5/h7-12H,6H2,1-5H3,(H,22,24). The van der Waals surface area contributed by atoms with Crippen molar-refractivity contribution in [3.05, 3.63) is 47.8 Å². The maximum Gasteiger partial charge on any atom is 0.412 e. The minimum atomic E-state index is -0.624. The molecule has 25 heavy (non-hydrogen) atoms. The van der Waals surface area contributed by atoms with E-state index in [1.807, 2.05) is 12.1 Å². The van der Waals surface area contributed by atoms with Crippen molar-refractivity contribution in [2.45, 2.75) is 46.6 Å². The van der Waals surface area contributed by atoms with E-state index in [0.29, 0.717) is 5.69 Å². The van der Waals surface area contributed by atoms with Gasteiger partial charge in [-0.05, 0) is 44.4 Å². The van der Waals surface area contributed by atoms with E-state index in [0.717, 1.165) is 17.5 Å². The van der Waals surface area contributed by atoms with E-state index in [1.165, 1.54) is 12.5 Å². The fraction of sp³-hybridized carbons (Fsp3) is 0.350. The monoisotopic (exact) mass is 340 g/mol. The summed E-state index contributed by atoms with van der Waals surface area (Å²) in [6, 6.07) is 9.83. The molecule has 0 bridgehead atoms. The molecule has 0 aliphatic rings. The summed E-state index contributed by atoms with van der Waals surface area (Å²) < 4.78 is 5.27. The number of benzene rings is 1. The number of ketones is 1. The van der Waals surface area contributed by atoms with Crippen molar-refractivity contribution < 1.29 is 14.3 Å². The molecular formula is C20H24N2O3. The number of aromatic nitrogens is 1. The Kier molecular flexibility index (Phi) is 5.57. The Balaban J connectivity index is 2.39. The first-order valence-electron chi connectivity index (χ1n) is 8.30. The predicted molar refractivity (Wildman–Crippen MR) is 98.9 cm³/mol. The van der Waals surface area contributed by atoms with Crippen LogP contribution >= 0.6 is 0 Å². The van der Waals surface area contributed by atoms with E-state index < -0.39 is 11.7 Å². The minimum Gasteiger partial charge on any atom is -0.444 e. The Morgan fingerprint density at radius 2 is 1.88 bits per heavy atom. The van der Waals surface area contributed by atoms with Gasteiger partial charge >= 0.3 is 6.09 Å². The van der Waals surface area contributed by atoms with Gasteiger partial charge in [0.25, 0.3) is 0 Å². The van der Waals surface area contributed by atoms with Crippen molar-refractivity contribution in [2.24, 2.45) is 0 Å². The summed E-state index contributed by atoms with van der Waals surface area (Å²) in [5.74, 6) is -0.222. The molecule has 0 atom stereocenters. The van der Waals surface area contributed by atoms with Gasteiger partial charge in [0.2, 0.25) is 0 Å². The van der Waals surface area contributed by atoms with E-state index in [-0.39, 0.29) is 11.5 Å². The summed E-state index contributed by atoms with van der Waals surface area (Å²) >= 11 is 0. The van der Waals surface area contributed by atoms with Gasteiger partial charge in [0.1, 0.15) is 11.3 Å². The van der Waals surface area contributed by atoms with Crippen LogP contribution in [-0.2, 0) is 11.2 Å². The number of ether oxygens (including phenoxy) is 1. The van der Waals surface area contributed by atoms with E-state index in [4.69, 9.17) is 4.74 Å². The molecule has 1 N–H and O–H groups in total. The molecule has 0 saturated heterocycles. The number of carbonyl (C=O) groups is 2. The number of amides is 1. The third kappa shape index (κ3) is 5.14. The van der Waals surface area contributed by atoms with Crippen molar-refractivity contribution in [3.8, 4) is 11.1 Å². The van der Waals surface area contributed by atoms with Crippen LogP contribution in [0.15, 0.2) is 36.5 Å². The van der Waals surface area contributed by atoms with Crippen LogP contribution in [0.4, 0.5) is 10.5 Å². The smallest absolute Gasteiger partial charge is 0.412 e. The molecule has 1 aromatic heterocycles. The van der Waals surface area contributed by atoms with Crippen LogP contribution in [0, 0.1) is 0 Å². The number of hydrogen-bond donors (Lipinski definition) is 1. The predicted octanol–water partition coefficient (Wildman–Crippen LogP) is 4.86. The van der Waals surface area contributed by atoms with Crippen LogP contribution in [0.5, 0.6) is 0 Å². The number of aryl methyl sites for hydroxylation is 1. The number of hydrogen-bond acceptors (Lipinski definition) is 4. The number of rotatable bonds is 4. The van der Waals surface area contributed by atoms with Gasteiger partial charge in [-0.1, -0.05) is 31.2 Å². The fourth-order valence-electron chi connectivity index (χ4n) is 2.38. The Bertz CT molecular complexity index is 792. The van der Waals surface area contributed by atoms with Crippen molar-refractivity contribution in [2.75, 3.05) is 5.32 Å². The van der Waals surface area contributed by atoms with Crippen molar-refractivity contribution in [3.63, 3.8) is 0 Å². The fourth-order valence-corrected chi connectivity index (χ4v) is 2.38. The maximum atomic E-state index is 12.1. The lowest BCUT2D eigenvalue weighted by atomic mass is 10.0. The van der Waals surface area contributed by atoms with Gasteiger partial charge in [0.15, 0.2) is 5.78 Å². The molecule has 5 heteroatoms. The van der Waals surface area contributed by atoms with Crippen molar-refractivity contribution >= 4 is 17.6 Å². The number of pyridine rings is 1. The Labute approximate surface area is 148 Å². The van der Waals surface area contributed by atoms with Crippen molar-refractivity contribution in [1.29, 1.82) is 0 Å². The molecule has 2 rings (SSSR count). The van der Waals surface area contributed by atoms with E-state index in [2.05, 4.69) is 29.4 Å². The number of nitrogens with zero attached hydrogens (tertiary/aromatic N) is 1. The first-order valence-corrected chi connectivity index (χ1v) is 8.30. The van der Waals surface area contributed by atoms with Gasteiger partial charge in [0.05, 0.1) is 5.69 Å². The lowest BCUT2D eigenvalue weighted by Crippen LogP contribution is -2.27. The molecule has 0 saturated carbocycles. The average Bonchev–Trinajstić information content (AvgIpc) is 2.52. The average molecular weight is 340 g/mol. The normalized spacial score (nSPS) is 11.1. The highest BCUT2D eigenvalue weighted by atomic mass is 16.6. The largest absolute Gasteiger partial charge is 0.444 e. The summed E-state index contributed by atoms with van der Waals surface area (Å²) in [6.07, 6.45) is 1.96. The second kappa shape index (κ2) is 7.47. The number of nitrogens with one attached hydrogen (secondary N) is 1. The molecule has 1 aromatic carbocycles. The zero-order chi connectivity index (χ0) is 18.6. The quantitative estimate of drug-likeness (QED) is 0.807. The topological polar surface area (TPSA) is 68.3 Å². The molecule has 0 fully saturated rings. The van der Waals surface area contributed by atoms with Crippen LogP contribution < -0.4 is 5.32 Å². The van der Waals surface area contributed by atoms with Crippen LogP contribution in [0.1, 0.15) is 50.7 Å². The van der Waals surface area contributed by atoms with Crippen LogP contribution in [-0.4, -0.2) is 22.5 Å². The lowest BCUT2D eigenvalue weighted by Gasteiger charge is -2.20. The summed E-state index contributed by atoms with van der Waals surface area (Å²) in [5.41, 5.74) is 2.94. The second-order valence-electron chi connectivity index (χ2n) is 6.86. The molecule has 1 amide bonds. The maximum absolute atomic E-state index is 12.1. The number of anilines is 1. The van der Waals surface area contributed by atoms with Crippen LogP contribution in [0.3, 0.4) is 0 Å². The van der Waals surface area contributed by atoms with Crippen LogP contribution in [0.2, 0.25) is 0 Å². The van der Waals surface area contributed by atoms with Crippen LogP contribution in [0.25, 0.3) is 11.1 Å². The van der Waals surface area contributed by atoms with Gasteiger partial charge < -0.3 is 4.74 Å². The van der Waals surface area contributed by atoms with E-state index in [1.54, 1.807) is 33.0 Å². The molecule has 0 unspecified atom stereocenters. The minimum absolute atomic E-state index is 0.209. The summed E-state index contributed by atoms with van der Waals surface area (Å²) in [4.78, 5) is 28.1. The zero-order valence-electron chi connectivity index (χ0n) is 15.3. The lowest BCUT2D eigenvalue weighted by molar-refractivity contribution is 0.0636. The summed E-state index contributed by atoms with van der Waals surface area (Å²) in [7, 11) is 0.